The fourth-order valence-electron chi connectivity index (χ4n) is 5.05. The fourth-order valence-corrected chi connectivity index (χ4v) is 6.36. The Morgan fingerprint density at radius 2 is 1.88 bits per heavy atom. The number of rotatable bonds is 5. The molecule has 9 nitrogen and oxygen atoms in total. The summed E-state index contributed by atoms with van der Waals surface area (Å²) in [6.07, 6.45) is 9.60. The number of carbonyl (C=O) groups excluding carboxylic acids is 1. The first-order valence-electron chi connectivity index (χ1n) is 10.8. The minimum absolute atomic E-state index is 0. The first kappa shape index (κ1) is 23.6. The number of nitrogens with one attached hydrogen (secondary N) is 2. The predicted molar refractivity (Wildman–Crippen MR) is 122 cm³/mol. The number of hydrogen-bond acceptors (Lipinski definition) is 5. The van der Waals surface area contributed by atoms with Crippen molar-refractivity contribution in [2.24, 2.45) is 7.05 Å². The van der Waals surface area contributed by atoms with Gasteiger partial charge in [0.05, 0.1) is 24.5 Å². The molecule has 1 unspecified atom stereocenters. The quantitative estimate of drug-likeness (QED) is 0.650. The van der Waals surface area contributed by atoms with Gasteiger partial charge in [0.25, 0.3) is 0 Å². The first-order valence-corrected chi connectivity index (χ1v) is 12.2. The number of ether oxygens (including phenoxy) is 1. The molecule has 1 aromatic carbocycles. The van der Waals surface area contributed by atoms with E-state index in [0.29, 0.717) is 18.7 Å². The average Bonchev–Trinajstić information content (AvgIpc) is 3.48. The van der Waals surface area contributed by atoms with Crippen LogP contribution in [0, 0.1) is 0 Å². The fraction of sp³-hybridized carbons (Fsp3) is 0.524. The van der Waals surface area contributed by atoms with Gasteiger partial charge >= 0.3 is 16.2 Å². The van der Waals surface area contributed by atoms with E-state index < -0.39 is 16.2 Å². The molecule has 2 aliphatic carbocycles. The van der Waals surface area contributed by atoms with E-state index in [-0.39, 0.29) is 42.2 Å². The van der Waals surface area contributed by atoms with Gasteiger partial charge in [0.15, 0.2) is 0 Å². The molecule has 1 atom stereocenters. The average molecular weight is 469 g/mol. The standard InChI is InChI=1S/C21H27N5O4S.Na/c1-25-12-17(11-22-25)26(16-8-9-30-13-16)31(28,29)24-21(27)23-20-18-6-2-4-14(18)10-15-5-3-7-19(15)20;/h10-12,16H,2-9,13H2,1H3,(H2,23,24,27);. The topological polar surface area (TPSA) is 106 Å². The van der Waals surface area contributed by atoms with Crippen molar-refractivity contribution in [2.75, 3.05) is 22.8 Å². The Morgan fingerprint density at radius 1 is 1.19 bits per heavy atom. The van der Waals surface area contributed by atoms with Crippen LogP contribution in [0.3, 0.4) is 0 Å². The molecule has 0 bridgehead atoms. The van der Waals surface area contributed by atoms with Gasteiger partial charge in [0.1, 0.15) is 0 Å². The minimum Gasteiger partial charge on any atom is -0.379 e. The van der Waals surface area contributed by atoms with Crippen molar-refractivity contribution in [3.05, 3.63) is 40.7 Å². The zero-order chi connectivity index (χ0) is 21.6. The number of urea groups is 1. The Kier molecular flexibility index (Phi) is 6.88. The van der Waals surface area contributed by atoms with Crippen molar-refractivity contribution in [3.63, 3.8) is 0 Å². The molecule has 0 spiro atoms. The van der Waals surface area contributed by atoms with Crippen LogP contribution in [0.4, 0.5) is 16.2 Å². The van der Waals surface area contributed by atoms with Crippen LogP contribution in [0.15, 0.2) is 18.5 Å². The first-order chi connectivity index (χ1) is 14.9. The van der Waals surface area contributed by atoms with Crippen LogP contribution in [0.2, 0.25) is 0 Å². The van der Waals surface area contributed by atoms with Gasteiger partial charge in [-0.15, -0.1) is 0 Å². The second kappa shape index (κ2) is 9.34. The largest absolute Gasteiger partial charge is 0.379 e. The van der Waals surface area contributed by atoms with Gasteiger partial charge in [0, 0.05) is 55.1 Å². The number of benzene rings is 1. The van der Waals surface area contributed by atoms with Gasteiger partial charge in [-0.3, -0.25) is 4.68 Å². The monoisotopic (exact) mass is 468 g/mol. The smallest absolute Gasteiger partial charge is 0.334 e. The summed E-state index contributed by atoms with van der Waals surface area (Å²) in [5.41, 5.74) is 6.08. The number of aromatic nitrogens is 2. The third-order valence-electron chi connectivity index (χ3n) is 6.38. The van der Waals surface area contributed by atoms with E-state index in [4.69, 9.17) is 4.74 Å². The van der Waals surface area contributed by atoms with Crippen molar-refractivity contribution >= 4 is 57.2 Å². The van der Waals surface area contributed by atoms with Crippen LogP contribution in [-0.4, -0.2) is 73.0 Å². The molecule has 1 aromatic heterocycles. The summed E-state index contributed by atoms with van der Waals surface area (Å²) in [7, 11) is -2.44. The summed E-state index contributed by atoms with van der Waals surface area (Å²) >= 11 is 0. The van der Waals surface area contributed by atoms with Gasteiger partial charge in [-0.05, 0) is 67.2 Å². The molecular formula is C21H27N5NaO4S. The van der Waals surface area contributed by atoms with Crippen LogP contribution >= 0.6 is 0 Å². The van der Waals surface area contributed by atoms with Gasteiger partial charge in [-0.1, -0.05) is 6.07 Å². The van der Waals surface area contributed by atoms with Crippen LogP contribution in [0.5, 0.6) is 0 Å². The Bertz CT molecular complexity index is 1100. The zero-order valence-electron chi connectivity index (χ0n) is 18.6. The van der Waals surface area contributed by atoms with Crippen molar-refractivity contribution in [2.45, 2.75) is 51.0 Å². The summed E-state index contributed by atoms with van der Waals surface area (Å²) in [5.74, 6) is 0. The van der Waals surface area contributed by atoms with Crippen molar-refractivity contribution in [1.82, 2.24) is 14.5 Å². The van der Waals surface area contributed by atoms with E-state index in [9.17, 15) is 13.2 Å². The Balaban J connectivity index is 0.00000245. The van der Waals surface area contributed by atoms with Crippen molar-refractivity contribution in [1.29, 1.82) is 0 Å². The molecule has 32 heavy (non-hydrogen) atoms. The van der Waals surface area contributed by atoms with E-state index in [1.54, 1.807) is 13.2 Å². The molecule has 2 amide bonds. The molecule has 0 saturated carbocycles. The molecule has 11 heteroatoms. The third kappa shape index (κ3) is 4.43. The maximum atomic E-state index is 13.3. The number of fused-ring (bicyclic) bond motifs is 2. The van der Waals surface area contributed by atoms with Gasteiger partial charge in [0.2, 0.25) is 0 Å². The summed E-state index contributed by atoms with van der Waals surface area (Å²) in [6.45, 7) is 0.753. The maximum Gasteiger partial charge on any atom is 0.334 e. The molecule has 5 rings (SSSR count). The molecule has 1 aliphatic heterocycles. The number of hydrogen-bond donors (Lipinski definition) is 2. The van der Waals surface area contributed by atoms with E-state index >= 15 is 0 Å². The summed E-state index contributed by atoms with van der Waals surface area (Å²) in [6, 6.07) is 1.15. The SMILES string of the molecule is Cn1cc(N(C2CCOC2)S(=O)(=O)NC(=O)Nc2c3c(cc4c2CCC4)CCC3)cn1.[Na]. The molecule has 1 saturated heterocycles. The Morgan fingerprint density at radius 3 is 2.44 bits per heavy atom. The van der Waals surface area contributed by atoms with Crippen LogP contribution in [0.1, 0.15) is 41.5 Å². The zero-order valence-corrected chi connectivity index (χ0v) is 21.4. The molecule has 1 fully saturated rings. The molecule has 1 radical (unpaired) electrons. The normalized spacial score (nSPS) is 19.2. The second-order valence-electron chi connectivity index (χ2n) is 8.48. The van der Waals surface area contributed by atoms with Crippen LogP contribution < -0.4 is 14.3 Å². The van der Waals surface area contributed by atoms with Crippen molar-refractivity contribution < 1.29 is 17.9 Å². The number of nitrogens with zero attached hydrogens (tertiary/aromatic N) is 3. The molecular weight excluding hydrogens is 441 g/mol. The van der Waals surface area contributed by atoms with Gasteiger partial charge in [-0.2, -0.15) is 13.5 Å². The molecule has 2 heterocycles. The minimum atomic E-state index is -4.16. The van der Waals surface area contributed by atoms with Gasteiger partial charge < -0.3 is 10.1 Å². The Labute approximate surface area is 210 Å². The number of aryl methyl sites for hydroxylation is 3. The van der Waals surface area contributed by atoms with E-state index in [2.05, 4.69) is 21.2 Å². The number of anilines is 2. The second-order valence-corrected chi connectivity index (χ2v) is 10.0. The molecule has 2 aromatic rings. The van der Waals surface area contributed by atoms with E-state index in [1.165, 1.54) is 26.3 Å². The maximum absolute atomic E-state index is 13.3. The summed E-state index contributed by atoms with van der Waals surface area (Å²) < 4.78 is 36.9. The van der Waals surface area contributed by atoms with Gasteiger partial charge in [-0.25, -0.2) is 13.8 Å². The van der Waals surface area contributed by atoms with Crippen LogP contribution in [0.25, 0.3) is 0 Å². The summed E-state index contributed by atoms with van der Waals surface area (Å²) in [4.78, 5) is 12.9. The van der Waals surface area contributed by atoms with E-state index in [1.807, 2.05) is 0 Å². The molecule has 167 valence electrons. The molecule has 3 aliphatic rings. The Hall–Kier alpha value is -1.59. The number of amides is 2. The van der Waals surface area contributed by atoms with E-state index in [0.717, 1.165) is 55.3 Å². The van der Waals surface area contributed by atoms with Crippen LogP contribution in [-0.2, 0) is 47.7 Å². The van der Waals surface area contributed by atoms with Crippen molar-refractivity contribution in [3.8, 4) is 0 Å². The third-order valence-corrected chi connectivity index (χ3v) is 7.85. The number of carbonyl (C=O) groups is 1. The molecule has 2 N–H and O–H groups in total. The summed E-state index contributed by atoms with van der Waals surface area (Å²) in [5, 5.41) is 6.98. The predicted octanol–water partition coefficient (Wildman–Crippen LogP) is 1.68.